The Kier molecular flexibility index (Phi) is 3.37. The van der Waals surface area contributed by atoms with E-state index in [-0.39, 0.29) is 11.8 Å². The molecule has 4 aromatic rings. The molecule has 5 heteroatoms. The van der Waals surface area contributed by atoms with Crippen LogP contribution in [-0.4, -0.2) is 32.9 Å². The van der Waals surface area contributed by atoms with E-state index in [1.54, 1.807) is 7.05 Å². The summed E-state index contributed by atoms with van der Waals surface area (Å²) in [6, 6.07) is 15.9. The number of benzene rings is 2. The number of aromatic nitrogens is 2. The fourth-order valence-electron chi connectivity index (χ4n) is 4.22. The molecule has 138 valence electrons. The van der Waals surface area contributed by atoms with Crippen molar-refractivity contribution in [1.29, 1.82) is 0 Å². The topological polar surface area (TPSA) is 47.2 Å². The molecule has 0 bridgehead atoms. The van der Waals surface area contributed by atoms with Gasteiger partial charge in [0.1, 0.15) is 0 Å². The van der Waals surface area contributed by atoms with Crippen LogP contribution in [0.15, 0.2) is 60.9 Å². The number of aryl methyl sites for hydroxylation is 2. The number of carbonyl (C=O) groups excluding carboxylic acids is 2. The second-order valence-electron chi connectivity index (χ2n) is 7.26. The molecule has 0 N–H and O–H groups in total. The predicted octanol–water partition coefficient (Wildman–Crippen LogP) is 3.58. The Morgan fingerprint density at radius 2 is 1.00 bits per heavy atom. The number of amides is 2. The molecule has 0 spiro atoms. The normalized spacial score (nSPS) is 14.9. The van der Waals surface area contributed by atoms with Crippen molar-refractivity contribution < 1.29 is 9.59 Å². The zero-order valence-electron chi connectivity index (χ0n) is 15.9. The van der Waals surface area contributed by atoms with Gasteiger partial charge in [0.05, 0.1) is 11.1 Å². The first-order chi connectivity index (χ1) is 13.5. The first kappa shape index (κ1) is 16.6. The van der Waals surface area contributed by atoms with Crippen LogP contribution in [0.3, 0.4) is 0 Å². The predicted molar refractivity (Wildman–Crippen MR) is 110 cm³/mol. The van der Waals surface area contributed by atoms with Gasteiger partial charge in [-0.05, 0) is 12.1 Å². The van der Waals surface area contributed by atoms with E-state index in [1.807, 2.05) is 84.2 Å². The number of fused-ring (bicyclic) bond motifs is 2. The molecule has 28 heavy (non-hydrogen) atoms. The Morgan fingerprint density at radius 1 is 0.607 bits per heavy atom. The first-order valence-corrected chi connectivity index (χ1v) is 9.14. The van der Waals surface area contributed by atoms with Gasteiger partial charge in [0, 0.05) is 66.5 Å². The molecule has 0 aliphatic carbocycles. The van der Waals surface area contributed by atoms with E-state index in [9.17, 15) is 9.59 Å². The summed E-state index contributed by atoms with van der Waals surface area (Å²) < 4.78 is 3.99. The lowest BCUT2D eigenvalue weighted by molar-refractivity contribution is -0.134. The van der Waals surface area contributed by atoms with E-state index in [0.717, 1.165) is 32.9 Å². The quantitative estimate of drug-likeness (QED) is 0.507. The maximum absolute atomic E-state index is 13.1. The molecule has 3 heterocycles. The van der Waals surface area contributed by atoms with Crippen molar-refractivity contribution in [2.45, 2.75) is 0 Å². The smallest absolute Gasteiger partial charge is 0.261 e. The highest BCUT2D eigenvalue weighted by atomic mass is 16.2. The Bertz CT molecular complexity index is 1230. The second-order valence-corrected chi connectivity index (χ2v) is 7.26. The van der Waals surface area contributed by atoms with E-state index in [2.05, 4.69) is 0 Å². The fourth-order valence-corrected chi connectivity index (χ4v) is 4.22. The molecule has 0 atom stereocenters. The Morgan fingerprint density at radius 3 is 1.43 bits per heavy atom. The van der Waals surface area contributed by atoms with Gasteiger partial charge in [-0.15, -0.1) is 0 Å². The van der Waals surface area contributed by atoms with Crippen LogP contribution in [0.1, 0.15) is 11.1 Å². The first-order valence-electron chi connectivity index (χ1n) is 9.14. The number of carbonyl (C=O) groups is 2. The minimum atomic E-state index is -0.260. The number of para-hydroxylation sites is 2. The van der Waals surface area contributed by atoms with Gasteiger partial charge >= 0.3 is 0 Å². The second kappa shape index (κ2) is 5.70. The summed E-state index contributed by atoms with van der Waals surface area (Å²) in [6.45, 7) is 0. The third kappa shape index (κ3) is 2.07. The van der Waals surface area contributed by atoms with E-state index in [4.69, 9.17) is 0 Å². The number of likely N-dealkylation sites (N-methyl/N-ethyl adjacent to an activating group) is 1. The standard InChI is InChI=1S/C23H19N3O2/c1-24-12-16(14-8-4-6-10-18(14)24)20-21(23(28)26(3)22(20)27)17-13-25(2)19-11-7-5-9-15(17)19/h4-13H,1-3H3. The van der Waals surface area contributed by atoms with Crippen LogP contribution < -0.4 is 0 Å². The highest BCUT2D eigenvalue weighted by molar-refractivity contribution is 6.50. The molecule has 2 amide bonds. The lowest BCUT2D eigenvalue weighted by Crippen LogP contribution is -2.26. The minimum absolute atomic E-state index is 0.260. The average Bonchev–Trinajstić information content (AvgIpc) is 3.29. The zero-order chi connectivity index (χ0) is 19.6. The summed E-state index contributed by atoms with van der Waals surface area (Å²) in [4.78, 5) is 27.5. The average molecular weight is 369 g/mol. The van der Waals surface area contributed by atoms with Crippen LogP contribution in [0.4, 0.5) is 0 Å². The number of imide groups is 1. The lowest BCUT2D eigenvalue weighted by atomic mass is 9.95. The van der Waals surface area contributed by atoms with Crippen LogP contribution >= 0.6 is 0 Å². The zero-order valence-corrected chi connectivity index (χ0v) is 15.9. The van der Waals surface area contributed by atoms with E-state index >= 15 is 0 Å². The number of hydrogen-bond donors (Lipinski definition) is 0. The van der Waals surface area contributed by atoms with Gasteiger partial charge in [-0.2, -0.15) is 0 Å². The molecule has 0 radical (unpaired) electrons. The molecular formula is C23H19N3O2. The van der Waals surface area contributed by atoms with Crippen molar-refractivity contribution in [3.05, 3.63) is 72.1 Å². The molecule has 0 saturated heterocycles. The number of nitrogens with zero attached hydrogens (tertiary/aromatic N) is 3. The van der Waals surface area contributed by atoms with Gasteiger partial charge in [-0.1, -0.05) is 36.4 Å². The van der Waals surface area contributed by atoms with Gasteiger partial charge in [0.15, 0.2) is 0 Å². The van der Waals surface area contributed by atoms with Gasteiger partial charge in [-0.3, -0.25) is 14.5 Å². The maximum atomic E-state index is 13.1. The fraction of sp³-hybridized carbons (Fsp3) is 0.130. The molecule has 5 rings (SSSR count). The minimum Gasteiger partial charge on any atom is -0.350 e. The molecule has 1 aliphatic rings. The summed E-state index contributed by atoms with van der Waals surface area (Å²) in [5, 5.41) is 1.93. The van der Waals surface area contributed by atoms with E-state index < -0.39 is 0 Å². The monoisotopic (exact) mass is 369 g/mol. The van der Waals surface area contributed by atoms with Crippen molar-refractivity contribution in [2.24, 2.45) is 14.1 Å². The Labute approximate surface area is 162 Å². The Balaban J connectivity index is 1.90. The molecule has 2 aromatic carbocycles. The third-order valence-corrected chi connectivity index (χ3v) is 5.62. The van der Waals surface area contributed by atoms with Crippen LogP contribution in [0, 0.1) is 0 Å². The Hall–Kier alpha value is -3.60. The van der Waals surface area contributed by atoms with Crippen molar-refractivity contribution in [3.8, 4) is 0 Å². The van der Waals surface area contributed by atoms with E-state index in [0.29, 0.717) is 11.1 Å². The van der Waals surface area contributed by atoms with Gasteiger partial charge in [-0.25, -0.2) is 0 Å². The molecule has 0 unspecified atom stereocenters. The summed E-state index contributed by atoms with van der Waals surface area (Å²) in [7, 11) is 5.46. The molecule has 1 aliphatic heterocycles. The van der Waals surface area contributed by atoms with Crippen LogP contribution in [0.5, 0.6) is 0 Å². The molecule has 0 saturated carbocycles. The maximum Gasteiger partial charge on any atom is 0.261 e. The highest BCUT2D eigenvalue weighted by Gasteiger charge is 2.39. The van der Waals surface area contributed by atoms with Crippen molar-refractivity contribution in [3.63, 3.8) is 0 Å². The van der Waals surface area contributed by atoms with Crippen molar-refractivity contribution in [1.82, 2.24) is 14.0 Å². The van der Waals surface area contributed by atoms with Crippen LogP contribution in [-0.2, 0) is 23.7 Å². The number of hydrogen-bond acceptors (Lipinski definition) is 2. The van der Waals surface area contributed by atoms with Gasteiger partial charge in [0.2, 0.25) is 0 Å². The summed E-state index contributed by atoms with van der Waals surface area (Å²) in [5.74, 6) is -0.520. The highest BCUT2D eigenvalue weighted by Crippen LogP contribution is 2.40. The van der Waals surface area contributed by atoms with Crippen molar-refractivity contribution in [2.75, 3.05) is 7.05 Å². The van der Waals surface area contributed by atoms with Crippen LogP contribution in [0.2, 0.25) is 0 Å². The molecule has 2 aromatic heterocycles. The summed E-state index contributed by atoms with van der Waals surface area (Å²) >= 11 is 0. The number of rotatable bonds is 2. The molecule has 0 fully saturated rings. The van der Waals surface area contributed by atoms with Gasteiger partial charge < -0.3 is 9.13 Å². The van der Waals surface area contributed by atoms with Gasteiger partial charge in [0.25, 0.3) is 11.8 Å². The SMILES string of the molecule is CN1C(=O)C(c2cn(C)c3ccccc23)=C(c2cn(C)c3ccccc23)C1=O. The third-order valence-electron chi connectivity index (χ3n) is 5.62. The molecular weight excluding hydrogens is 350 g/mol. The molecule has 5 nitrogen and oxygen atoms in total. The largest absolute Gasteiger partial charge is 0.350 e. The van der Waals surface area contributed by atoms with Crippen molar-refractivity contribution >= 4 is 44.8 Å². The van der Waals surface area contributed by atoms with E-state index in [1.165, 1.54) is 4.90 Å². The van der Waals surface area contributed by atoms with Crippen LogP contribution in [0.25, 0.3) is 33.0 Å². The summed E-state index contributed by atoms with van der Waals surface area (Å²) in [5.41, 5.74) is 4.59. The summed E-state index contributed by atoms with van der Waals surface area (Å²) in [6.07, 6.45) is 3.88. The lowest BCUT2D eigenvalue weighted by Gasteiger charge is -2.06.